The minimum Gasteiger partial charge on any atom is -0.305 e. The van der Waals surface area contributed by atoms with Crippen molar-refractivity contribution in [3.63, 3.8) is 0 Å². The highest BCUT2D eigenvalue weighted by atomic mass is 16.2. The van der Waals surface area contributed by atoms with Crippen molar-refractivity contribution in [2.75, 3.05) is 4.90 Å². The quantitative estimate of drug-likeness (QED) is 0.634. The van der Waals surface area contributed by atoms with E-state index in [1.165, 1.54) is 36.0 Å². The summed E-state index contributed by atoms with van der Waals surface area (Å²) in [7, 11) is 0. The first-order valence-corrected chi connectivity index (χ1v) is 9.43. The van der Waals surface area contributed by atoms with Gasteiger partial charge in [0.15, 0.2) is 0 Å². The molecular formula is C23H25NO. The second-order valence-corrected chi connectivity index (χ2v) is 7.35. The van der Waals surface area contributed by atoms with Crippen LogP contribution in [0, 0.1) is 0 Å². The molecule has 0 saturated carbocycles. The summed E-state index contributed by atoms with van der Waals surface area (Å²) in [5, 5.41) is 0. The van der Waals surface area contributed by atoms with Crippen LogP contribution in [0.5, 0.6) is 0 Å². The van der Waals surface area contributed by atoms with Gasteiger partial charge in [-0.05, 0) is 68.4 Å². The predicted molar refractivity (Wildman–Crippen MR) is 105 cm³/mol. The van der Waals surface area contributed by atoms with Gasteiger partial charge in [0, 0.05) is 17.2 Å². The van der Waals surface area contributed by atoms with Crippen LogP contribution in [0.4, 0.5) is 5.69 Å². The zero-order valence-electron chi connectivity index (χ0n) is 15.1. The number of anilines is 1. The molecule has 0 N–H and O–H groups in total. The maximum absolute atomic E-state index is 13.5. The van der Waals surface area contributed by atoms with Crippen molar-refractivity contribution < 1.29 is 4.79 Å². The lowest BCUT2D eigenvalue weighted by Gasteiger charge is -2.33. The number of fused-ring (bicyclic) bond motifs is 4. The Balaban J connectivity index is 2.08. The third-order valence-electron chi connectivity index (χ3n) is 5.42. The van der Waals surface area contributed by atoms with Gasteiger partial charge >= 0.3 is 0 Å². The van der Waals surface area contributed by atoms with Crippen molar-refractivity contribution in [2.24, 2.45) is 0 Å². The van der Waals surface area contributed by atoms with E-state index in [0.717, 1.165) is 29.7 Å². The van der Waals surface area contributed by atoms with Gasteiger partial charge in [0.05, 0.1) is 5.69 Å². The molecule has 2 aromatic carbocycles. The molecule has 2 heteroatoms. The second-order valence-electron chi connectivity index (χ2n) is 7.35. The second kappa shape index (κ2) is 6.51. The Kier molecular flexibility index (Phi) is 4.20. The largest absolute Gasteiger partial charge is 0.305 e. The molecule has 0 aromatic heterocycles. The lowest BCUT2D eigenvalue weighted by molar-refractivity contribution is 0.0980. The van der Waals surface area contributed by atoms with Crippen molar-refractivity contribution >= 4 is 22.7 Å². The zero-order valence-corrected chi connectivity index (χ0v) is 15.1. The third-order valence-corrected chi connectivity index (χ3v) is 5.42. The minimum absolute atomic E-state index is 0.119. The molecule has 2 nitrogen and oxygen atoms in total. The van der Waals surface area contributed by atoms with Gasteiger partial charge < -0.3 is 4.90 Å². The lowest BCUT2D eigenvalue weighted by atomic mass is 9.85. The standard InChI is InChI=1S/C23H25NO/c1-16(2)24-22-15-9-8-13-20(22)18-11-5-3-4-10-17(18)19-12-6-7-14-21(19)23(24)25/h6-9,12-16H,3-5,10-11H2,1-2H3. The highest BCUT2D eigenvalue weighted by molar-refractivity contribution is 6.14. The first-order chi connectivity index (χ1) is 12.2. The van der Waals surface area contributed by atoms with Crippen molar-refractivity contribution in [3.05, 3.63) is 65.2 Å². The number of amides is 1. The van der Waals surface area contributed by atoms with Crippen LogP contribution in [0.1, 0.15) is 67.4 Å². The fourth-order valence-corrected chi connectivity index (χ4v) is 4.30. The van der Waals surface area contributed by atoms with Gasteiger partial charge in [-0.25, -0.2) is 0 Å². The molecule has 1 aliphatic heterocycles. The van der Waals surface area contributed by atoms with Gasteiger partial charge in [0.1, 0.15) is 0 Å². The molecule has 0 fully saturated rings. The fraction of sp³-hybridized carbons (Fsp3) is 0.348. The smallest absolute Gasteiger partial charge is 0.259 e. The topological polar surface area (TPSA) is 20.3 Å². The van der Waals surface area contributed by atoms with Crippen LogP contribution >= 0.6 is 0 Å². The van der Waals surface area contributed by atoms with Crippen LogP contribution < -0.4 is 4.90 Å². The van der Waals surface area contributed by atoms with Crippen molar-refractivity contribution in [3.8, 4) is 0 Å². The number of carbonyl (C=O) groups excluding carboxylic acids is 1. The Morgan fingerprint density at radius 1 is 0.760 bits per heavy atom. The normalized spacial score (nSPS) is 17.4. The summed E-state index contributed by atoms with van der Waals surface area (Å²) in [5.41, 5.74) is 7.13. The summed E-state index contributed by atoms with van der Waals surface area (Å²) in [4.78, 5) is 15.4. The van der Waals surface area contributed by atoms with Gasteiger partial charge in [-0.15, -0.1) is 0 Å². The van der Waals surface area contributed by atoms with E-state index in [1.807, 2.05) is 23.1 Å². The predicted octanol–water partition coefficient (Wildman–Crippen LogP) is 5.93. The Labute approximate surface area is 150 Å². The summed E-state index contributed by atoms with van der Waals surface area (Å²) >= 11 is 0. The van der Waals surface area contributed by atoms with Crippen molar-refractivity contribution in [1.29, 1.82) is 0 Å². The van der Waals surface area contributed by atoms with Crippen LogP contribution in [0.15, 0.2) is 48.5 Å². The van der Waals surface area contributed by atoms with E-state index in [4.69, 9.17) is 0 Å². The molecule has 25 heavy (non-hydrogen) atoms. The molecule has 4 rings (SSSR count). The number of carbonyl (C=O) groups is 1. The van der Waals surface area contributed by atoms with Crippen LogP contribution in [0.25, 0.3) is 11.1 Å². The van der Waals surface area contributed by atoms with E-state index >= 15 is 0 Å². The van der Waals surface area contributed by atoms with E-state index in [2.05, 4.69) is 44.2 Å². The summed E-state index contributed by atoms with van der Waals surface area (Å²) in [6.45, 7) is 4.20. The Bertz CT molecular complexity index is 847. The number of allylic oxidation sites excluding steroid dienone is 2. The Morgan fingerprint density at radius 3 is 2.00 bits per heavy atom. The monoisotopic (exact) mass is 331 g/mol. The minimum atomic E-state index is 0.119. The fourth-order valence-electron chi connectivity index (χ4n) is 4.30. The molecule has 0 unspecified atom stereocenters. The molecule has 1 heterocycles. The van der Waals surface area contributed by atoms with Crippen molar-refractivity contribution in [2.45, 2.75) is 52.0 Å². The molecule has 0 radical (unpaired) electrons. The number of hydrogen-bond donors (Lipinski definition) is 0. The molecule has 0 atom stereocenters. The van der Waals surface area contributed by atoms with Crippen LogP contribution in [-0.2, 0) is 0 Å². The number of rotatable bonds is 1. The highest BCUT2D eigenvalue weighted by Crippen LogP contribution is 2.43. The highest BCUT2D eigenvalue weighted by Gasteiger charge is 2.30. The molecule has 0 spiro atoms. The van der Waals surface area contributed by atoms with Gasteiger partial charge in [0.2, 0.25) is 0 Å². The van der Waals surface area contributed by atoms with Crippen LogP contribution in [0.2, 0.25) is 0 Å². The number of nitrogens with zero attached hydrogens (tertiary/aromatic N) is 1. The van der Waals surface area contributed by atoms with Crippen LogP contribution in [0.3, 0.4) is 0 Å². The average Bonchev–Trinajstić information content (AvgIpc) is 2.86. The van der Waals surface area contributed by atoms with E-state index in [0.29, 0.717) is 0 Å². The SMILES string of the molecule is CC(C)N1C(=O)c2ccccc2C2=C(CCCCC2)c2ccccc21. The van der Waals surface area contributed by atoms with Gasteiger partial charge in [-0.3, -0.25) is 4.79 Å². The molecule has 128 valence electrons. The number of benzene rings is 2. The lowest BCUT2D eigenvalue weighted by Crippen LogP contribution is -2.38. The van der Waals surface area contributed by atoms with Gasteiger partial charge in [0.25, 0.3) is 5.91 Å². The summed E-state index contributed by atoms with van der Waals surface area (Å²) < 4.78 is 0. The molecule has 2 aliphatic rings. The molecule has 0 saturated heterocycles. The van der Waals surface area contributed by atoms with Gasteiger partial charge in [-0.2, -0.15) is 0 Å². The maximum atomic E-state index is 13.5. The first-order valence-electron chi connectivity index (χ1n) is 9.43. The third kappa shape index (κ3) is 2.70. The Morgan fingerprint density at radius 2 is 1.32 bits per heavy atom. The number of para-hydroxylation sites is 1. The summed E-state index contributed by atoms with van der Waals surface area (Å²) in [5.74, 6) is 0.119. The van der Waals surface area contributed by atoms with E-state index < -0.39 is 0 Å². The molecular weight excluding hydrogens is 306 g/mol. The average molecular weight is 331 g/mol. The Hall–Kier alpha value is -2.35. The van der Waals surface area contributed by atoms with E-state index in [-0.39, 0.29) is 11.9 Å². The zero-order chi connectivity index (χ0) is 17.4. The number of hydrogen-bond acceptors (Lipinski definition) is 1. The molecule has 2 aromatic rings. The van der Waals surface area contributed by atoms with E-state index in [9.17, 15) is 4.79 Å². The van der Waals surface area contributed by atoms with Gasteiger partial charge in [-0.1, -0.05) is 42.8 Å². The molecule has 0 bridgehead atoms. The van der Waals surface area contributed by atoms with Crippen molar-refractivity contribution in [1.82, 2.24) is 0 Å². The molecule has 1 amide bonds. The first kappa shape index (κ1) is 16.1. The summed E-state index contributed by atoms with van der Waals surface area (Å²) in [6.07, 6.45) is 5.86. The van der Waals surface area contributed by atoms with Crippen LogP contribution in [-0.4, -0.2) is 11.9 Å². The molecule has 1 aliphatic carbocycles. The summed E-state index contributed by atoms with van der Waals surface area (Å²) in [6, 6.07) is 16.8. The maximum Gasteiger partial charge on any atom is 0.259 e. The van der Waals surface area contributed by atoms with E-state index in [1.54, 1.807) is 0 Å².